The molecule has 1 aliphatic heterocycles. The molecule has 3 nitrogen and oxygen atoms in total. The maximum Gasteiger partial charge on any atom is 0.196 e. The van der Waals surface area contributed by atoms with E-state index in [4.69, 9.17) is 9.47 Å². The zero-order valence-electron chi connectivity index (χ0n) is 10.2. The molecule has 1 heterocycles. The zero-order chi connectivity index (χ0) is 12.3. The average molecular weight is 242 g/mol. The Bertz CT molecular complexity index is 573. The van der Waals surface area contributed by atoms with Crippen LogP contribution in [0.25, 0.3) is 0 Å². The van der Waals surface area contributed by atoms with E-state index < -0.39 is 0 Å². The molecule has 2 aliphatic carbocycles. The van der Waals surface area contributed by atoms with Crippen LogP contribution in [0.3, 0.4) is 0 Å². The van der Waals surface area contributed by atoms with Crippen molar-refractivity contribution >= 4 is 5.78 Å². The second-order valence-electron chi connectivity index (χ2n) is 5.20. The number of carbonyl (C=O) groups excluding carboxylic acids is 1. The number of methoxy groups -OCH3 is 1. The Hall–Kier alpha value is -1.77. The first-order chi connectivity index (χ1) is 8.79. The van der Waals surface area contributed by atoms with E-state index in [1.807, 2.05) is 6.07 Å². The lowest BCUT2D eigenvalue weighted by Crippen LogP contribution is -2.36. The third-order valence-electron chi connectivity index (χ3n) is 4.37. The number of ketones is 1. The highest BCUT2D eigenvalue weighted by Gasteiger charge is 2.48. The summed E-state index contributed by atoms with van der Waals surface area (Å²) >= 11 is 0. The molecule has 0 fully saturated rings. The minimum atomic E-state index is -0.328. The summed E-state index contributed by atoms with van der Waals surface area (Å²) in [5.41, 5.74) is 2.53. The Morgan fingerprint density at radius 1 is 1.39 bits per heavy atom. The van der Waals surface area contributed by atoms with E-state index in [0.717, 1.165) is 24.3 Å². The monoisotopic (exact) mass is 242 g/mol. The summed E-state index contributed by atoms with van der Waals surface area (Å²) in [6, 6.07) is 4.06. The fourth-order valence-electron chi connectivity index (χ4n) is 3.54. The summed E-state index contributed by atoms with van der Waals surface area (Å²) in [7, 11) is 1.64. The molecule has 1 aromatic rings. The van der Waals surface area contributed by atoms with Gasteiger partial charge in [-0.3, -0.25) is 4.79 Å². The Kier molecular flexibility index (Phi) is 1.91. The molecule has 0 saturated carbocycles. The summed E-state index contributed by atoms with van der Waals surface area (Å²) in [5.74, 6) is 2.27. The fraction of sp³-hybridized carbons (Fsp3) is 0.400. The van der Waals surface area contributed by atoms with Crippen LogP contribution in [0.2, 0.25) is 0 Å². The molecule has 3 aliphatic rings. The lowest BCUT2D eigenvalue weighted by Gasteiger charge is -2.32. The summed E-state index contributed by atoms with van der Waals surface area (Å²) in [4.78, 5) is 12.0. The van der Waals surface area contributed by atoms with Crippen LogP contribution in [0.15, 0.2) is 24.3 Å². The van der Waals surface area contributed by atoms with Crippen LogP contribution in [0.4, 0.5) is 0 Å². The largest absolute Gasteiger partial charge is 0.493 e. The topological polar surface area (TPSA) is 35.5 Å². The molecular weight excluding hydrogens is 228 g/mol. The van der Waals surface area contributed by atoms with Crippen LogP contribution in [-0.2, 0) is 11.2 Å². The van der Waals surface area contributed by atoms with Gasteiger partial charge in [0.15, 0.2) is 23.4 Å². The number of hydrogen-bond acceptors (Lipinski definition) is 3. The van der Waals surface area contributed by atoms with Crippen LogP contribution in [0, 0.1) is 5.92 Å². The minimum Gasteiger partial charge on any atom is -0.493 e. The summed E-state index contributed by atoms with van der Waals surface area (Å²) < 4.78 is 11.3. The molecule has 0 aromatic heterocycles. The van der Waals surface area contributed by atoms with Crippen molar-refractivity contribution in [1.29, 1.82) is 0 Å². The van der Waals surface area contributed by atoms with E-state index in [-0.39, 0.29) is 17.8 Å². The number of benzene rings is 1. The molecule has 0 radical (unpaired) electrons. The molecule has 0 spiro atoms. The van der Waals surface area contributed by atoms with Crippen molar-refractivity contribution in [2.24, 2.45) is 5.92 Å². The van der Waals surface area contributed by atoms with Crippen molar-refractivity contribution in [2.45, 2.75) is 24.9 Å². The number of aryl methyl sites for hydroxylation is 1. The first kappa shape index (κ1) is 10.2. The molecule has 3 atom stereocenters. The summed E-state index contributed by atoms with van der Waals surface area (Å²) in [6.07, 6.45) is 5.58. The smallest absolute Gasteiger partial charge is 0.196 e. The van der Waals surface area contributed by atoms with Gasteiger partial charge in [0.1, 0.15) is 0 Å². The molecule has 3 heteroatoms. The van der Waals surface area contributed by atoms with E-state index in [1.165, 1.54) is 11.1 Å². The second kappa shape index (κ2) is 3.37. The Morgan fingerprint density at radius 3 is 3.11 bits per heavy atom. The van der Waals surface area contributed by atoms with Gasteiger partial charge in [0.05, 0.1) is 7.11 Å². The molecule has 0 amide bonds. The van der Waals surface area contributed by atoms with E-state index in [1.54, 1.807) is 13.2 Å². The normalized spacial score (nSPS) is 30.9. The third kappa shape index (κ3) is 1.12. The van der Waals surface area contributed by atoms with Crippen molar-refractivity contribution in [1.82, 2.24) is 0 Å². The predicted octanol–water partition coefficient (Wildman–Crippen LogP) is 2.24. The molecule has 18 heavy (non-hydrogen) atoms. The van der Waals surface area contributed by atoms with Gasteiger partial charge >= 0.3 is 0 Å². The maximum atomic E-state index is 12.0. The standard InChI is InChI=1S/C15H14O3/c1-17-11-7-5-9-3-2-8-4-6-10(16)14-12(8)13(9)15(11)18-14/h4-8,12,14H,2-3H2,1H3. The minimum absolute atomic E-state index is 0.0855. The lowest BCUT2D eigenvalue weighted by molar-refractivity contribution is -0.122. The highest BCUT2D eigenvalue weighted by Crippen LogP contribution is 2.54. The first-order valence-corrected chi connectivity index (χ1v) is 6.38. The predicted molar refractivity (Wildman–Crippen MR) is 66.1 cm³/mol. The van der Waals surface area contributed by atoms with E-state index in [2.05, 4.69) is 12.1 Å². The van der Waals surface area contributed by atoms with Crippen LogP contribution in [0.1, 0.15) is 23.5 Å². The Balaban J connectivity index is 1.96. The van der Waals surface area contributed by atoms with Crippen LogP contribution in [-0.4, -0.2) is 19.0 Å². The third-order valence-corrected chi connectivity index (χ3v) is 4.37. The second-order valence-corrected chi connectivity index (χ2v) is 5.20. The SMILES string of the molecule is COc1ccc2c3c1OC1C(=O)C=CC(CC2)C31. The van der Waals surface area contributed by atoms with Gasteiger partial charge in [0.25, 0.3) is 0 Å². The van der Waals surface area contributed by atoms with E-state index in [9.17, 15) is 4.79 Å². The summed E-state index contributed by atoms with van der Waals surface area (Å²) in [6.45, 7) is 0. The summed E-state index contributed by atoms with van der Waals surface area (Å²) in [5, 5.41) is 0. The van der Waals surface area contributed by atoms with Crippen LogP contribution in [0.5, 0.6) is 11.5 Å². The van der Waals surface area contributed by atoms with Gasteiger partial charge < -0.3 is 9.47 Å². The number of ether oxygens (including phenoxy) is 2. The first-order valence-electron chi connectivity index (χ1n) is 6.38. The maximum absolute atomic E-state index is 12.0. The van der Waals surface area contributed by atoms with Gasteiger partial charge in [-0.25, -0.2) is 0 Å². The van der Waals surface area contributed by atoms with Crippen LogP contribution < -0.4 is 9.47 Å². The number of hydrogen-bond donors (Lipinski definition) is 0. The van der Waals surface area contributed by atoms with Crippen LogP contribution >= 0.6 is 0 Å². The van der Waals surface area contributed by atoms with E-state index in [0.29, 0.717) is 5.92 Å². The Morgan fingerprint density at radius 2 is 2.28 bits per heavy atom. The number of rotatable bonds is 1. The number of allylic oxidation sites excluding steroid dienone is 1. The van der Waals surface area contributed by atoms with Gasteiger partial charge in [-0.15, -0.1) is 0 Å². The van der Waals surface area contributed by atoms with Crippen molar-refractivity contribution < 1.29 is 14.3 Å². The average Bonchev–Trinajstić information content (AvgIpc) is 2.81. The quantitative estimate of drug-likeness (QED) is 0.757. The molecule has 0 bridgehead atoms. The highest BCUT2D eigenvalue weighted by molar-refractivity contribution is 5.97. The van der Waals surface area contributed by atoms with Gasteiger partial charge in [0, 0.05) is 11.5 Å². The molecule has 92 valence electrons. The molecule has 1 aromatic carbocycles. The molecule has 4 rings (SSSR count). The van der Waals surface area contributed by atoms with Gasteiger partial charge in [-0.1, -0.05) is 12.1 Å². The zero-order valence-corrected chi connectivity index (χ0v) is 10.2. The van der Waals surface area contributed by atoms with Gasteiger partial charge in [-0.05, 0) is 36.5 Å². The van der Waals surface area contributed by atoms with Crippen molar-refractivity contribution in [3.8, 4) is 11.5 Å². The Labute approximate surface area is 105 Å². The molecule has 0 saturated heterocycles. The molecule has 0 N–H and O–H groups in total. The van der Waals surface area contributed by atoms with Crippen molar-refractivity contribution in [2.75, 3.05) is 7.11 Å². The highest BCUT2D eigenvalue weighted by atomic mass is 16.5. The van der Waals surface area contributed by atoms with E-state index >= 15 is 0 Å². The fourth-order valence-corrected chi connectivity index (χ4v) is 3.54. The van der Waals surface area contributed by atoms with Crippen molar-refractivity contribution in [3.63, 3.8) is 0 Å². The van der Waals surface area contributed by atoms with Gasteiger partial charge in [0.2, 0.25) is 0 Å². The lowest BCUT2D eigenvalue weighted by atomic mass is 9.70. The van der Waals surface area contributed by atoms with Crippen molar-refractivity contribution in [3.05, 3.63) is 35.4 Å². The van der Waals surface area contributed by atoms with Gasteiger partial charge in [-0.2, -0.15) is 0 Å². The molecule has 3 unspecified atom stereocenters. The molecular formula is C15H14O3. The number of carbonyl (C=O) groups is 1.